The maximum Gasteiger partial charge on any atom is 0.334 e. The largest absolute Gasteiger partial charge is 0.478 e. The van der Waals surface area contributed by atoms with Crippen molar-refractivity contribution in [3.05, 3.63) is 21.3 Å². The Morgan fingerprint density at radius 1 is 1.33 bits per heavy atom. The molecular weight excluding hydrogens is 275 g/mol. The van der Waals surface area contributed by atoms with E-state index in [-0.39, 0.29) is 5.57 Å². The fraction of sp³-hybridized carbons (Fsp3) is 0.286. The molecule has 0 heterocycles. The molecule has 4 nitrogen and oxygen atoms in total. The zero-order chi connectivity index (χ0) is 9.30. The van der Waals surface area contributed by atoms with Crippen LogP contribution < -0.4 is 0 Å². The standard InChI is InChI=1S/C7H7IO4/c8-4-2-1-3(7(11)12)5(9)6(4)10/h1-2,5-6,9-10H,(H,11,12)/t5-,6+/m1/s1. The van der Waals surface area contributed by atoms with Crippen molar-refractivity contribution in [3.8, 4) is 0 Å². The molecule has 0 spiro atoms. The molecule has 0 saturated heterocycles. The molecule has 1 rings (SSSR count). The van der Waals surface area contributed by atoms with Crippen LogP contribution in [0.5, 0.6) is 0 Å². The lowest BCUT2D eigenvalue weighted by Crippen LogP contribution is -2.33. The Kier molecular flexibility index (Phi) is 2.86. The normalized spacial score (nSPS) is 29.2. The molecule has 0 aromatic carbocycles. The fourth-order valence-corrected chi connectivity index (χ4v) is 1.41. The van der Waals surface area contributed by atoms with Crippen molar-refractivity contribution in [2.45, 2.75) is 12.2 Å². The lowest BCUT2D eigenvalue weighted by molar-refractivity contribution is -0.134. The number of hydrogen-bond donors (Lipinski definition) is 3. The lowest BCUT2D eigenvalue weighted by Gasteiger charge is -2.20. The predicted molar refractivity (Wildman–Crippen MR) is 49.8 cm³/mol. The summed E-state index contributed by atoms with van der Waals surface area (Å²) in [7, 11) is 0. The van der Waals surface area contributed by atoms with E-state index in [1.165, 1.54) is 12.2 Å². The van der Waals surface area contributed by atoms with Crippen LogP contribution in [0, 0.1) is 0 Å². The van der Waals surface area contributed by atoms with Crippen molar-refractivity contribution in [1.29, 1.82) is 0 Å². The van der Waals surface area contributed by atoms with Crippen molar-refractivity contribution in [1.82, 2.24) is 0 Å². The Morgan fingerprint density at radius 2 is 1.92 bits per heavy atom. The van der Waals surface area contributed by atoms with E-state index < -0.39 is 18.2 Å². The summed E-state index contributed by atoms with van der Waals surface area (Å²) >= 11 is 1.84. The number of aliphatic carboxylic acids is 1. The summed E-state index contributed by atoms with van der Waals surface area (Å²) in [4.78, 5) is 10.4. The molecule has 0 saturated carbocycles. The topological polar surface area (TPSA) is 77.8 Å². The van der Waals surface area contributed by atoms with Gasteiger partial charge < -0.3 is 15.3 Å². The highest BCUT2D eigenvalue weighted by atomic mass is 127. The van der Waals surface area contributed by atoms with Crippen molar-refractivity contribution in [2.75, 3.05) is 0 Å². The highest BCUT2D eigenvalue weighted by Gasteiger charge is 2.29. The quantitative estimate of drug-likeness (QED) is 0.594. The van der Waals surface area contributed by atoms with Crippen LogP contribution in [0.3, 0.4) is 0 Å². The second kappa shape index (κ2) is 3.55. The molecule has 0 bridgehead atoms. The first kappa shape index (κ1) is 9.69. The summed E-state index contributed by atoms with van der Waals surface area (Å²) < 4.78 is 0.533. The van der Waals surface area contributed by atoms with Gasteiger partial charge in [-0.15, -0.1) is 0 Å². The Morgan fingerprint density at radius 3 is 2.42 bits per heavy atom. The van der Waals surface area contributed by atoms with E-state index in [4.69, 9.17) is 5.11 Å². The summed E-state index contributed by atoms with van der Waals surface area (Å²) in [6.45, 7) is 0. The van der Waals surface area contributed by atoms with E-state index in [0.29, 0.717) is 3.58 Å². The molecule has 66 valence electrons. The van der Waals surface area contributed by atoms with Crippen LogP contribution in [-0.2, 0) is 4.79 Å². The van der Waals surface area contributed by atoms with E-state index in [1.54, 1.807) is 0 Å². The van der Waals surface area contributed by atoms with E-state index in [0.717, 1.165) is 0 Å². The Balaban J connectivity index is 2.97. The first-order chi connectivity index (χ1) is 5.54. The number of carbonyl (C=O) groups is 1. The second-order valence-corrected chi connectivity index (χ2v) is 3.61. The summed E-state index contributed by atoms with van der Waals surface area (Å²) in [6.07, 6.45) is 0.337. The van der Waals surface area contributed by atoms with E-state index in [9.17, 15) is 15.0 Å². The third kappa shape index (κ3) is 1.67. The van der Waals surface area contributed by atoms with E-state index in [2.05, 4.69) is 0 Å². The first-order valence-electron chi connectivity index (χ1n) is 3.20. The van der Waals surface area contributed by atoms with Crippen LogP contribution in [0.4, 0.5) is 0 Å². The molecule has 2 atom stereocenters. The van der Waals surface area contributed by atoms with Crippen LogP contribution in [0.1, 0.15) is 0 Å². The summed E-state index contributed by atoms with van der Waals surface area (Å²) in [5.74, 6) is -1.21. The number of rotatable bonds is 1. The minimum absolute atomic E-state index is 0.178. The molecule has 0 aliphatic heterocycles. The van der Waals surface area contributed by atoms with Gasteiger partial charge in [-0.2, -0.15) is 0 Å². The van der Waals surface area contributed by atoms with Gasteiger partial charge in [0.15, 0.2) is 0 Å². The Labute approximate surface area is 82.3 Å². The van der Waals surface area contributed by atoms with Gasteiger partial charge in [0.2, 0.25) is 0 Å². The van der Waals surface area contributed by atoms with Gasteiger partial charge in [0.1, 0.15) is 12.2 Å². The average Bonchev–Trinajstić information content (AvgIpc) is 2.00. The summed E-state index contributed by atoms with van der Waals surface area (Å²) in [5, 5.41) is 27.0. The molecule has 0 aromatic rings. The van der Waals surface area contributed by atoms with Crippen LogP contribution in [0.25, 0.3) is 0 Å². The summed E-state index contributed by atoms with van der Waals surface area (Å²) in [6, 6.07) is 0. The number of carboxylic acids is 1. The zero-order valence-electron chi connectivity index (χ0n) is 5.94. The lowest BCUT2D eigenvalue weighted by atomic mass is 9.99. The van der Waals surface area contributed by atoms with Gasteiger partial charge in [-0.3, -0.25) is 0 Å². The van der Waals surface area contributed by atoms with Crippen LogP contribution in [0.15, 0.2) is 21.3 Å². The number of aliphatic hydroxyl groups is 2. The smallest absolute Gasteiger partial charge is 0.334 e. The number of halogens is 1. The summed E-state index contributed by atoms with van der Waals surface area (Å²) in [5.41, 5.74) is -0.178. The SMILES string of the molecule is O=C(O)C1=CC=C(I)[C@H](O)[C@@H]1O. The number of carboxylic acid groups (broad SMARTS) is 1. The van der Waals surface area contributed by atoms with Gasteiger partial charge in [-0.25, -0.2) is 4.79 Å². The molecule has 0 fully saturated rings. The maximum atomic E-state index is 10.4. The molecule has 1 aliphatic rings. The molecule has 5 heteroatoms. The minimum Gasteiger partial charge on any atom is -0.478 e. The Bertz CT molecular complexity index is 269. The molecule has 0 aromatic heterocycles. The van der Waals surface area contributed by atoms with Crippen LogP contribution >= 0.6 is 22.6 Å². The van der Waals surface area contributed by atoms with Crippen molar-refractivity contribution in [2.24, 2.45) is 0 Å². The van der Waals surface area contributed by atoms with E-state index in [1.807, 2.05) is 22.6 Å². The molecular formula is C7H7IO4. The first-order valence-corrected chi connectivity index (χ1v) is 4.28. The molecule has 0 unspecified atom stereocenters. The fourth-order valence-electron chi connectivity index (χ4n) is 0.885. The van der Waals surface area contributed by atoms with Crippen molar-refractivity contribution >= 4 is 28.6 Å². The monoisotopic (exact) mass is 282 g/mol. The number of aliphatic hydroxyl groups excluding tert-OH is 2. The van der Waals surface area contributed by atoms with Crippen molar-refractivity contribution < 1.29 is 20.1 Å². The van der Waals surface area contributed by atoms with Crippen molar-refractivity contribution in [3.63, 3.8) is 0 Å². The number of allylic oxidation sites excluding steroid dienone is 2. The number of hydrogen-bond acceptors (Lipinski definition) is 3. The average molecular weight is 282 g/mol. The van der Waals surface area contributed by atoms with Gasteiger partial charge in [0, 0.05) is 3.58 Å². The van der Waals surface area contributed by atoms with Gasteiger partial charge in [-0.05, 0) is 34.7 Å². The third-order valence-electron chi connectivity index (χ3n) is 1.57. The molecule has 0 amide bonds. The van der Waals surface area contributed by atoms with Gasteiger partial charge >= 0.3 is 5.97 Å². The third-order valence-corrected chi connectivity index (χ3v) is 2.57. The van der Waals surface area contributed by atoms with Crippen LogP contribution in [-0.4, -0.2) is 33.5 Å². The second-order valence-electron chi connectivity index (χ2n) is 2.37. The molecule has 1 aliphatic carbocycles. The maximum absolute atomic E-state index is 10.4. The van der Waals surface area contributed by atoms with Gasteiger partial charge in [0.25, 0.3) is 0 Å². The predicted octanol–water partition coefficient (Wildman–Crippen LogP) is 0.0517. The van der Waals surface area contributed by atoms with Crippen LogP contribution in [0.2, 0.25) is 0 Å². The zero-order valence-corrected chi connectivity index (χ0v) is 8.09. The van der Waals surface area contributed by atoms with E-state index >= 15 is 0 Å². The highest BCUT2D eigenvalue weighted by Crippen LogP contribution is 2.24. The Hall–Kier alpha value is -0.400. The molecule has 3 N–H and O–H groups in total. The highest BCUT2D eigenvalue weighted by molar-refractivity contribution is 14.1. The minimum atomic E-state index is -1.32. The molecule has 12 heavy (non-hydrogen) atoms. The van der Waals surface area contributed by atoms with Gasteiger partial charge in [0.05, 0.1) is 5.57 Å². The molecule has 0 radical (unpaired) electrons. The van der Waals surface area contributed by atoms with Gasteiger partial charge in [-0.1, -0.05) is 0 Å².